The number of anilines is 1. The third kappa shape index (κ3) is 4.78. The Morgan fingerprint density at radius 3 is 2.24 bits per heavy atom. The van der Waals surface area contributed by atoms with E-state index in [1.54, 1.807) is 12.1 Å². The lowest BCUT2D eigenvalue weighted by Gasteiger charge is -2.41. The highest BCUT2D eigenvalue weighted by Gasteiger charge is 2.30. The van der Waals surface area contributed by atoms with Crippen LogP contribution in [-0.2, 0) is 10.0 Å². The highest BCUT2D eigenvalue weighted by molar-refractivity contribution is 7.89. The molecule has 0 unspecified atom stereocenters. The molecule has 8 nitrogen and oxygen atoms in total. The van der Waals surface area contributed by atoms with Gasteiger partial charge in [-0.3, -0.25) is 4.90 Å². The van der Waals surface area contributed by atoms with Crippen molar-refractivity contribution < 1.29 is 13.2 Å². The number of piperazine rings is 1. The van der Waals surface area contributed by atoms with Gasteiger partial charge in [-0.15, -0.1) is 10.2 Å². The lowest BCUT2D eigenvalue weighted by atomic mass is 9.94. The molecule has 1 saturated carbocycles. The zero-order chi connectivity index (χ0) is 23.5. The molecule has 0 amide bonds. The third-order valence-corrected chi connectivity index (χ3v) is 9.44. The molecule has 9 heteroatoms. The summed E-state index contributed by atoms with van der Waals surface area (Å²) in [4.78, 5) is 5.14. The average molecular weight is 486 g/mol. The maximum absolute atomic E-state index is 13.2. The van der Waals surface area contributed by atoms with Crippen molar-refractivity contribution >= 4 is 15.8 Å². The highest BCUT2D eigenvalue weighted by atomic mass is 32.2. The summed E-state index contributed by atoms with van der Waals surface area (Å²) in [5.41, 5.74) is 1.38. The van der Waals surface area contributed by atoms with Crippen molar-refractivity contribution in [1.29, 1.82) is 0 Å². The molecule has 184 valence electrons. The molecule has 0 spiro atoms. The van der Waals surface area contributed by atoms with Gasteiger partial charge in [0, 0.05) is 50.9 Å². The number of aromatic nitrogens is 2. The normalized spacial score (nSPS) is 21.1. The lowest BCUT2D eigenvalue weighted by Crippen LogP contribution is -2.51. The molecule has 2 aliphatic heterocycles. The Bertz CT molecular complexity index is 1070. The van der Waals surface area contributed by atoms with Crippen molar-refractivity contribution in [3.8, 4) is 17.0 Å². The first-order chi connectivity index (χ1) is 16.6. The van der Waals surface area contributed by atoms with Gasteiger partial charge in [0.15, 0.2) is 5.82 Å². The quantitative estimate of drug-likeness (QED) is 0.621. The van der Waals surface area contributed by atoms with E-state index in [9.17, 15) is 8.42 Å². The van der Waals surface area contributed by atoms with Crippen LogP contribution < -0.4 is 9.64 Å². The van der Waals surface area contributed by atoms with Crippen molar-refractivity contribution in [2.75, 3.05) is 51.3 Å². The minimum atomic E-state index is -3.60. The van der Waals surface area contributed by atoms with Gasteiger partial charge in [0.05, 0.1) is 12.8 Å². The Morgan fingerprint density at radius 1 is 0.853 bits per heavy atom. The number of hydrogen-bond donors (Lipinski definition) is 0. The van der Waals surface area contributed by atoms with Crippen molar-refractivity contribution in [2.45, 2.75) is 55.9 Å². The number of benzene rings is 1. The first-order valence-corrected chi connectivity index (χ1v) is 14.0. The second-order valence-electron chi connectivity index (χ2n) is 9.57. The molecule has 3 aliphatic rings. The molecule has 3 heterocycles. The zero-order valence-electron chi connectivity index (χ0n) is 20.0. The molecule has 5 rings (SSSR count). The van der Waals surface area contributed by atoms with Gasteiger partial charge >= 0.3 is 0 Å². The molecule has 0 radical (unpaired) electrons. The second kappa shape index (κ2) is 10.2. The number of rotatable bonds is 6. The Balaban J connectivity index is 1.30. The predicted molar refractivity (Wildman–Crippen MR) is 133 cm³/mol. The number of ether oxygens (including phenoxy) is 1. The van der Waals surface area contributed by atoms with Crippen LogP contribution in [0.2, 0.25) is 0 Å². The Labute approximate surface area is 203 Å². The van der Waals surface area contributed by atoms with Crippen LogP contribution in [0.15, 0.2) is 35.2 Å². The molecular formula is C25H35N5O3S. The Morgan fingerprint density at radius 2 is 1.59 bits per heavy atom. The van der Waals surface area contributed by atoms with Crippen LogP contribution in [0.3, 0.4) is 0 Å². The largest absolute Gasteiger partial charge is 0.495 e. The highest BCUT2D eigenvalue weighted by Crippen LogP contribution is 2.33. The van der Waals surface area contributed by atoms with Crippen LogP contribution in [0.5, 0.6) is 5.75 Å². The average Bonchev–Trinajstić information content (AvgIpc) is 3.45. The maximum atomic E-state index is 13.2. The summed E-state index contributed by atoms with van der Waals surface area (Å²) in [7, 11) is -2.10. The van der Waals surface area contributed by atoms with Crippen molar-refractivity contribution in [2.24, 2.45) is 0 Å². The van der Waals surface area contributed by atoms with E-state index in [0.717, 1.165) is 56.4 Å². The summed E-state index contributed by atoms with van der Waals surface area (Å²) >= 11 is 0. The van der Waals surface area contributed by atoms with E-state index in [2.05, 4.69) is 20.0 Å². The molecule has 0 bridgehead atoms. The summed E-state index contributed by atoms with van der Waals surface area (Å²) in [6, 6.07) is 9.90. The maximum Gasteiger partial charge on any atom is 0.246 e. The van der Waals surface area contributed by atoms with Crippen molar-refractivity contribution in [3.63, 3.8) is 0 Å². The van der Waals surface area contributed by atoms with E-state index in [4.69, 9.17) is 4.74 Å². The van der Waals surface area contributed by atoms with Gasteiger partial charge in [0.2, 0.25) is 10.0 Å². The van der Waals surface area contributed by atoms with Crippen LogP contribution >= 0.6 is 0 Å². The third-order valence-electron chi connectivity index (χ3n) is 7.52. The molecule has 34 heavy (non-hydrogen) atoms. The van der Waals surface area contributed by atoms with Crippen LogP contribution in [-0.4, -0.2) is 80.2 Å². The van der Waals surface area contributed by atoms with Crippen molar-refractivity contribution in [1.82, 2.24) is 19.4 Å². The first-order valence-electron chi connectivity index (χ1n) is 12.6. The van der Waals surface area contributed by atoms with Gasteiger partial charge in [0.25, 0.3) is 0 Å². The zero-order valence-corrected chi connectivity index (χ0v) is 20.8. The molecule has 2 saturated heterocycles. The van der Waals surface area contributed by atoms with Crippen LogP contribution in [0.1, 0.15) is 44.9 Å². The van der Waals surface area contributed by atoms with Crippen LogP contribution in [0.25, 0.3) is 11.3 Å². The number of methoxy groups -OCH3 is 1. The topological polar surface area (TPSA) is 78.9 Å². The molecule has 0 N–H and O–H groups in total. The minimum Gasteiger partial charge on any atom is -0.495 e. The van der Waals surface area contributed by atoms with E-state index < -0.39 is 10.0 Å². The Hall–Kier alpha value is -2.23. The van der Waals surface area contributed by atoms with E-state index in [0.29, 0.717) is 24.5 Å². The molecule has 1 aromatic carbocycles. The SMILES string of the molecule is COc1ccc(-c2ccc(N3CCN(C4CCCCC4)CC3)nn2)cc1S(=O)(=O)N1CCCC1. The summed E-state index contributed by atoms with van der Waals surface area (Å²) in [6.07, 6.45) is 8.58. The summed E-state index contributed by atoms with van der Waals surface area (Å²) in [5.74, 6) is 1.24. The number of sulfonamides is 1. The van der Waals surface area contributed by atoms with Crippen LogP contribution in [0, 0.1) is 0 Å². The van der Waals surface area contributed by atoms with E-state index in [-0.39, 0.29) is 4.90 Å². The van der Waals surface area contributed by atoms with Gasteiger partial charge in [0.1, 0.15) is 10.6 Å². The molecule has 3 fully saturated rings. The van der Waals surface area contributed by atoms with Gasteiger partial charge < -0.3 is 9.64 Å². The summed E-state index contributed by atoms with van der Waals surface area (Å²) in [6.45, 7) is 5.18. The molecule has 1 aliphatic carbocycles. The Kier molecular flexibility index (Phi) is 7.04. The smallest absolute Gasteiger partial charge is 0.246 e. The predicted octanol–water partition coefficient (Wildman–Crippen LogP) is 3.39. The standard InChI is InChI=1S/C25H35N5O3S/c1-33-23-11-9-20(19-24(23)34(31,32)30-13-5-6-14-30)22-10-12-25(27-26-22)29-17-15-28(16-18-29)21-7-3-2-4-8-21/h9-12,19,21H,2-8,13-18H2,1H3. The second-order valence-corrected chi connectivity index (χ2v) is 11.5. The van der Waals surface area contributed by atoms with Gasteiger partial charge in [-0.2, -0.15) is 4.31 Å². The molecule has 1 aromatic heterocycles. The summed E-state index contributed by atoms with van der Waals surface area (Å²) in [5, 5.41) is 8.95. The van der Waals surface area contributed by atoms with E-state index >= 15 is 0 Å². The minimum absolute atomic E-state index is 0.194. The van der Waals surface area contributed by atoms with E-state index in [1.807, 2.05) is 18.2 Å². The fourth-order valence-corrected chi connectivity index (χ4v) is 7.21. The summed E-state index contributed by atoms with van der Waals surface area (Å²) < 4.78 is 33.3. The lowest BCUT2D eigenvalue weighted by molar-refractivity contribution is 0.147. The number of nitrogens with zero attached hydrogens (tertiary/aromatic N) is 5. The molecule has 2 aromatic rings. The van der Waals surface area contributed by atoms with E-state index in [1.165, 1.54) is 43.5 Å². The fourth-order valence-electron chi connectivity index (χ4n) is 5.52. The molecular weight excluding hydrogens is 450 g/mol. The molecule has 0 atom stereocenters. The monoisotopic (exact) mass is 485 g/mol. The van der Waals surface area contributed by atoms with Gasteiger partial charge in [-0.25, -0.2) is 8.42 Å². The fraction of sp³-hybridized carbons (Fsp3) is 0.600. The first kappa shape index (κ1) is 23.5. The van der Waals surface area contributed by atoms with Crippen molar-refractivity contribution in [3.05, 3.63) is 30.3 Å². The van der Waals surface area contributed by atoms with Gasteiger partial charge in [-0.1, -0.05) is 19.3 Å². The van der Waals surface area contributed by atoms with Crippen LogP contribution in [0.4, 0.5) is 5.82 Å². The van der Waals surface area contributed by atoms with Gasteiger partial charge in [-0.05, 0) is 56.0 Å². The number of hydrogen-bond acceptors (Lipinski definition) is 7.